The molecule has 94 valence electrons. The lowest BCUT2D eigenvalue weighted by Crippen LogP contribution is -2.00. The molecule has 0 aromatic carbocycles. The third kappa shape index (κ3) is 2.25. The standard InChI is InChI=1S/C13H15N3O2/c1-8(2)16-7-11(9(3)15-16)12-5-4-10(6-14-12)13(17)18/h4-8H,1-3H3,(H,17,18). The topological polar surface area (TPSA) is 68.0 Å². The van der Waals surface area contributed by atoms with Crippen LogP contribution in [0.1, 0.15) is 35.9 Å². The normalized spacial score (nSPS) is 10.9. The Morgan fingerprint density at radius 1 is 1.39 bits per heavy atom. The second kappa shape index (κ2) is 4.60. The van der Waals surface area contributed by atoms with Crippen LogP contribution >= 0.6 is 0 Å². The maximum absolute atomic E-state index is 10.8. The Kier molecular flexibility index (Phi) is 3.14. The molecule has 2 rings (SSSR count). The number of nitrogens with zero attached hydrogens (tertiary/aromatic N) is 3. The highest BCUT2D eigenvalue weighted by atomic mass is 16.4. The van der Waals surface area contributed by atoms with Crippen molar-refractivity contribution in [3.63, 3.8) is 0 Å². The first kappa shape index (κ1) is 12.3. The van der Waals surface area contributed by atoms with E-state index in [2.05, 4.69) is 23.9 Å². The van der Waals surface area contributed by atoms with Gasteiger partial charge in [-0.3, -0.25) is 9.67 Å². The molecule has 0 saturated carbocycles. The number of hydrogen-bond acceptors (Lipinski definition) is 3. The number of pyridine rings is 1. The monoisotopic (exact) mass is 245 g/mol. The molecule has 0 aliphatic rings. The highest BCUT2D eigenvalue weighted by Crippen LogP contribution is 2.22. The van der Waals surface area contributed by atoms with Crippen LogP contribution in [-0.4, -0.2) is 25.8 Å². The minimum Gasteiger partial charge on any atom is -0.478 e. The molecule has 0 bridgehead atoms. The summed E-state index contributed by atoms with van der Waals surface area (Å²) in [5, 5.41) is 13.2. The van der Waals surface area contributed by atoms with Gasteiger partial charge in [-0.2, -0.15) is 5.10 Å². The van der Waals surface area contributed by atoms with Crippen molar-refractivity contribution in [2.75, 3.05) is 0 Å². The number of carboxylic acid groups (broad SMARTS) is 1. The van der Waals surface area contributed by atoms with E-state index in [1.807, 2.05) is 17.8 Å². The summed E-state index contributed by atoms with van der Waals surface area (Å²) in [6, 6.07) is 3.55. The molecule has 0 amide bonds. The third-order valence-electron chi connectivity index (χ3n) is 2.73. The fourth-order valence-corrected chi connectivity index (χ4v) is 1.68. The molecule has 1 N–H and O–H groups in total. The molecule has 0 aliphatic carbocycles. The Labute approximate surface area is 105 Å². The summed E-state index contributed by atoms with van der Waals surface area (Å²) in [5.74, 6) is -0.969. The molecule has 2 aromatic heterocycles. The van der Waals surface area contributed by atoms with Crippen LogP contribution < -0.4 is 0 Å². The molecule has 0 saturated heterocycles. The van der Waals surface area contributed by atoms with Gasteiger partial charge in [0.05, 0.1) is 17.0 Å². The van der Waals surface area contributed by atoms with Crippen LogP contribution in [0.5, 0.6) is 0 Å². The number of carboxylic acids is 1. The Balaban J connectivity index is 2.39. The van der Waals surface area contributed by atoms with Crippen LogP contribution in [0.15, 0.2) is 24.5 Å². The van der Waals surface area contributed by atoms with E-state index in [0.29, 0.717) is 0 Å². The summed E-state index contributed by atoms with van der Waals surface area (Å²) in [4.78, 5) is 14.9. The second-order valence-electron chi connectivity index (χ2n) is 4.44. The lowest BCUT2D eigenvalue weighted by Gasteiger charge is -2.03. The first-order valence-corrected chi connectivity index (χ1v) is 5.74. The van der Waals surface area contributed by atoms with E-state index >= 15 is 0 Å². The van der Waals surface area contributed by atoms with Crippen LogP contribution in [-0.2, 0) is 0 Å². The molecule has 0 spiro atoms. The molecule has 2 aromatic rings. The highest BCUT2D eigenvalue weighted by molar-refractivity contribution is 5.87. The molecular weight excluding hydrogens is 230 g/mol. The van der Waals surface area contributed by atoms with E-state index in [4.69, 9.17) is 5.11 Å². The molecule has 0 aliphatic heterocycles. The lowest BCUT2D eigenvalue weighted by atomic mass is 10.1. The van der Waals surface area contributed by atoms with Crippen molar-refractivity contribution in [2.45, 2.75) is 26.8 Å². The van der Waals surface area contributed by atoms with Crippen molar-refractivity contribution in [1.82, 2.24) is 14.8 Å². The third-order valence-corrected chi connectivity index (χ3v) is 2.73. The Hall–Kier alpha value is -2.17. The van der Waals surface area contributed by atoms with Gasteiger partial charge in [0.25, 0.3) is 0 Å². The second-order valence-corrected chi connectivity index (χ2v) is 4.44. The van der Waals surface area contributed by atoms with Gasteiger partial charge in [0.1, 0.15) is 0 Å². The van der Waals surface area contributed by atoms with Crippen LogP contribution in [0.3, 0.4) is 0 Å². The first-order valence-electron chi connectivity index (χ1n) is 5.74. The number of aromatic nitrogens is 3. The van der Waals surface area contributed by atoms with Crippen LogP contribution in [0.25, 0.3) is 11.3 Å². The molecule has 0 fully saturated rings. The Bertz CT molecular complexity index is 570. The number of carbonyl (C=O) groups is 1. The number of hydrogen-bond donors (Lipinski definition) is 1. The van der Waals surface area contributed by atoms with E-state index in [-0.39, 0.29) is 11.6 Å². The maximum atomic E-state index is 10.8. The van der Waals surface area contributed by atoms with Gasteiger partial charge in [-0.05, 0) is 32.9 Å². The lowest BCUT2D eigenvalue weighted by molar-refractivity contribution is 0.0696. The largest absolute Gasteiger partial charge is 0.478 e. The quantitative estimate of drug-likeness (QED) is 0.902. The van der Waals surface area contributed by atoms with Crippen molar-refractivity contribution in [1.29, 1.82) is 0 Å². The molecule has 5 heteroatoms. The van der Waals surface area contributed by atoms with Gasteiger partial charge in [-0.1, -0.05) is 0 Å². The summed E-state index contributed by atoms with van der Waals surface area (Å²) in [7, 11) is 0. The van der Waals surface area contributed by atoms with Crippen molar-refractivity contribution in [3.05, 3.63) is 35.8 Å². The smallest absolute Gasteiger partial charge is 0.337 e. The molecule has 2 heterocycles. The van der Waals surface area contributed by atoms with Crippen LogP contribution in [0.4, 0.5) is 0 Å². The first-order chi connectivity index (χ1) is 8.49. The van der Waals surface area contributed by atoms with Gasteiger partial charge >= 0.3 is 5.97 Å². The summed E-state index contributed by atoms with van der Waals surface area (Å²) in [6.45, 7) is 6.02. The number of aromatic carboxylic acids is 1. The zero-order chi connectivity index (χ0) is 13.3. The minimum absolute atomic E-state index is 0.188. The van der Waals surface area contributed by atoms with Gasteiger partial charge in [-0.25, -0.2) is 4.79 Å². The Morgan fingerprint density at radius 2 is 2.11 bits per heavy atom. The van der Waals surface area contributed by atoms with Crippen molar-refractivity contribution < 1.29 is 9.90 Å². The van der Waals surface area contributed by atoms with Gasteiger partial charge in [-0.15, -0.1) is 0 Å². The van der Waals surface area contributed by atoms with E-state index < -0.39 is 5.97 Å². The zero-order valence-electron chi connectivity index (χ0n) is 10.6. The van der Waals surface area contributed by atoms with Gasteiger partial charge in [0.2, 0.25) is 0 Å². The molecule has 0 atom stereocenters. The predicted molar refractivity (Wildman–Crippen MR) is 67.5 cm³/mol. The Morgan fingerprint density at radius 3 is 2.56 bits per heavy atom. The average Bonchev–Trinajstić information content (AvgIpc) is 2.71. The highest BCUT2D eigenvalue weighted by Gasteiger charge is 2.11. The molecule has 0 radical (unpaired) electrons. The maximum Gasteiger partial charge on any atom is 0.337 e. The van der Waals surface area contributed by atoms with Crippen molar-refractivity contribution >= 4 is 5.97 Å². The zero-order valence-corrected chi connectivity index (χ0v) is 10.6. The van der Waals surface area contributed by atoms with E-state index in [1.165, 1.54) is 6.20 Å². The number of aryl methyl sites for hydroxylation is 1. The number of rotatable bonds is 3. The fourth-order valence-electron chi connectivity index (χ4n) is 1.68. The van der Waals surface area contributed by atoms with Crippen LogP contribution in [0.2, 0.25) is 0 Å². The summed E-state index contributed by atoms with van der Waals surface area (Å²) < 4.78 is 1.87. The molecule has 18 heavy (non-hydrogen) atoms. The summed E-state index contributed by atoms with van der Waals surface area (Å²) in [5.41, 5.74) is 2.75. The molecule has 5 nitrogen and oxygen atoms in total. The predicted octanol–water partition coefficient (Wildman–Crippen LogP) is 2.53. The van der Waals surface area contributed by atoms with E-state index in [1.54, 1.807) is 12.1 Å². The van der Waals surface area contributed by atoms with Crippen molar-refractivity contribution in [2.24, 2.45) is 0 Å². The van der Waals surface area contributed by atoms with Gasteiger partial charge in [0.15, 0.2) is 0 Å². The minimum atomic E-state index is -0.969. The van der Waals surface area contributed by atoms with Crippen molar-refractivity contribution in [3.8, 4) is 11.3 Å². The summed E-state index contributed by atoms with van der Waals surface area (Å²) in [6.07, 6.45) is 3.30. The van der Waals surface area contributed by atoms with E-state index in [9.17, 15) is 4.79 Å². The average molecular weight is 245 g/mol. The van der Waals surface area contributed by atoms with Crippen LogP contribution in [0, 0.1) is 6.92 Å². The SMILES string of the molecule is Cc1nn(C(C)C)cc1-c1ccc(C(=O)O)cn1. The van der Waals surface area contributed by atoms with E-state index in [0.717, 1.165) is 17.0 Å². The van der Waals surface area contributed by atoms with Gasteiger partial charge in [0, 0.05) is 24.0 Å². The summed E-state index contributed by atoms with van der Waals surface area (Å²) >= 11 is 0. The molecular formula is C13H15N3O2. The molecule has 0 unspecified atom stereocenters. The van der Waals surface area contributed by atoms with Gasteiger partial charge < -0.3 is 5.11 Å². The fraction of sp³-hybridized carbons (Fsp3) is 0.308.